The van der Waals surface area contributed by atoms with Gasteiger partial charge in [-0.25, -0.2) is 0 Å². The molecule has 0 aromatic rings. The zero-order valence-corrected chi connectivity index (χ0v) is 11.2. The highest BCUT2D eigenvalue weighted by Gasteiger charge is 2.23. The van der Waals surface area contributed by atoms with E-state index in [2.05, 4.69) is 6.92 Å². The normalized spacial score (nSPS) is 23.7. The van der Waals surface area contributed by atoms with E-state index in [0.717, 1.165) is 44.9 Å². The van der Waals surface area contributed by atoms with Gasteiger partial charge in [-0.15, -0.1) is 0 Å². The number of carbonyl (C=O) groups is 2. The average Bonchev–Trinajstić information content (AvgIpc) is 2.92. The van der Waals surface area contributed by atoms with E-state index in [9.17, 15) is 9.59 Å². The Morgan fingerprint density at radius 2 is 1.71 bits per heavy atom. The van der Waals surface area contributed by atoms with Crippen molar-refractivity contribution in [3.63, 3.8) is 0 Å². The van der Waals surface area contributed by atoms with Crippen molar-refractivity contribution in [1.29, 1.82) is 0 Å². The molecule has 1 atom stereocenters. The monoisotopic (exact) mass is 238 g/mol. The van der Waals surface area contributed by atoms with Crippen molar-refractivity contribution in [3.8, 4) is 0 Å². The van der Waals surface area contributed by atoms with Crippen LogP contribution in [0, 0.1) is 5.92 Å². The number of hydrogen-bond donors (Lipinski definition) is 0. The number of Topliss-reactive ketones (excluding diaryl/α,β-unsaturated/α-hetero) is 2. The molecule has 0 aromatic heterocycles. The Morgan fingerprint density at radius 1 is 1.00 bits per heavy atom. The first-order valence-electron chi connectivity index (χ1n) is 7.28. The molecule has 0 radical (unpaired) electrons. The fourth-order valence-electron chi connectivity index (χ4n) is 2.60. The quantitative estimate of drug-likeness (QED) is 0.692. The first-order chi connectivity index (χ1) is 8.24. The summed E-state index contributed by atoms with van der Waals surface area (Å²) in [7, 11) is 0. The van der Waals surface area contributed by atoms with E-state index >= 15 is 0 Å². The molecule has 2 nitrogen and oxygen atoms in total. The number of hydrogen-bond acceptors (Lipinski definition) is 2. The minimum Gasteiger partial charge on any atom is -0.300 e. The third-order valence-corrected chi connectivity index (χ3v) is 3.75. The van der Waals surface area contributed by atoms with Gasteiger partial charge in [0, 0.05) is 25.2 Å². The highest BCUT2D eigenvalue weighted by atomic mass is 16.1. The van der Waals surface area contributed by atoms with Crippen molar-refractivity contribution in [2.45, 2.75) is 77.6 Å². The lowest BCUT2D eigenvalue weighted by atomic mass is 9.99. The molecule has 2 heteroatoms. The fraction of sp³-hybridized carbons (Fsp3) is 0.867. The first kappa shape index (κ1) is 14.4. The summed E-state index contributed by atoms with van der Waals surface area (Å²) in [5, 5.41) is 0. The lowest BCUT2D eigenvalue weighted by Crippen LogP contribution is -2.05. The summed E-state index contributed by atoms with van der Waals surface area (Å²) in [6.45, 7) is 2.20. The van der Waals surface area contributed by atoms with Crippen LogP contribution in [0.5, 0.6) is 0 Å². The molecule has 0 aliphatic heterocycles. The third kappa shape index (κ3) is 5.99. The Balaban J connectivity index is 0.000000202. The summed E-state index contributed by atoms with van der Waals surface area (Å²) >= 11 is 0. The van der Waals surface area contributed by atoms with Crippen molar-refractivity contribution < 1.29 is 9.59 Å². The van der Waals surface area contributed by atoms with Gasteiger partial charge in [0.2, 0.25) is 0 Å². The number of carbonyl (C=O) groups excluding carboxylic acids is 2. The van der Waals surface area contributed by atoms with Crippen molar-refractivity contribution in [2.24, 2.45) is 5.92 Å². The second kappa shape index (κ2) is 8.43. The molecule has 0 bridgehead atoms. The second-order valence-electron chi connectivity index (χ2n) is 5.30. The molecule has 0 aromatic carbocycles. The molecule has 2 fully saturated rings. The van der Waals surface area contributed by atoms with Crippen LogP contribution in [0.1, 0.15) is 77.6 Å². The van der Waals surface area contributed by atoms with Gasteiger partial charge in [0.1, 0.15) is 11.6 Å². The number of rotatable bonds is 4. The van der Waals surface area contributed by atoms with E-state index in [1.807, 2.05) is 0 Å². The highest BCUT2D eigenvalue weighted by molar-refractivity contribution is 5.82. The van der Waals surface area contributed by atoms with Gasteiger partial charge in [-0.1, -0.05) is 26.2 Å². The first-order valence-corrected chi connectivity index (χ1v) is 7.28. The maximum atomic E-state index is 11.2. The second-order valence-corrected chi connectivity index (χ2v) is 5.30. The van der Waals surface area contributed by atoms with E-state index in [1.165, 1.54) is 25.7 Å². The van der Waals surface area contributed by atoms with Crippen molar-refractivity contribution in [2.75, 3.05) is 0 Å². The summed E-state index contributed by atoms with van der Waals surface area (Å²) in [5.41, 5.74) is 0. The molecule has 17 heavy (non-hydrogen) atoms. The number of ketones is 2. The van der Waals surface area contributed by atoms with Crippen LogP contribution in [0.3, 0.4) is 0 Å². The van der Waals surface area contributed by atoms with Crippen LogP contribution >= 0.6 is 0 Å². The molecule has 0 spiro atoms. The van der Waals surface area contributed by atoms with Crippen molar-refractivity contribution >= 4 is 11.6 Å². The summed E-state index contributed by atoms with van der Waals surface area (Å²) in [6, 6.07) is 0. The van der Waals surface area contributed by atoms with Crippen molar-refractivity contribution in [3.05, 3.63) is 0 Å². The Labute approximate surface area is 105 Å². The minimum absolute atomic E-state index is 0.446. The summed E-state index contributed by atoms with van der Waals surface area (Å²) in [4.78, 5) is 21.4. The smallest absolute Gasteiger partial charge is 0.135 e. The molecule has 2 aliphatic rings. The van der Waals surface area contributed by atoms with Crippen molar-refractivity contribution in [1.82, 2.24) is 0 Å². The maximum absolute atomic E-state index is 11.2. The molecule has 1 unspecified atom stereocenters. The van der Waals surface area contributed by atoms with E-state index in [0.29, 0.717) is 17.5 Å². The summed E-state index contributed by atoms with van der Waals surface area (Å²) in [5.74, 6) is 1.43. The molecule has 2 aliphatic carbocycles. The molecule has 0 amide bonds. The molecule has 0 saturated heterocycles. The standard InChI is InChI=1S/C10H18O.C5H8O/c1-2-3-4-6-9-7-5-8-10(9)11;6-5-3-1-2-4-5/h9H,2-8H2,1H3;1-4H2. The molecular weight excluding hydrogens is 212 g/mol. The van der Waals surface area contributed by atoms with Crippen LogP contribution < -0.4 is 0 Å². The van der Waals surface area contributed by atoms with Gasteiger partial charge in [-0.05, 0) is 32.1 Å². The van der Waals surface area contributed by atoms with Gasteiger partial charge in [-0.2, -0.15) is 0 Å². The topological polar surface area (TPSA) is 34.1 Å². The van der Waals surface area contributed by atoms with Gasteiger partial charge in [0.15, 0.2) is 0 Å². The fourth-order valence-corrected chi connectivity index (χ4v) is 2.60. The summed E-state index contributed by atoms with van der Waals surface area (Å²) < 4.78 is 0. The van der Waals surface area contributed by atoms with Gasteiger partial charge >= 0.3 is 0 Å². The zero-order valence-electron chi connectivity index (χ0n) is 11.2. The van der Waals surface area contributed by atoms with Gasteiger partial charge in [-0.3, -0.25) is 9.59 Å². The Morgan fingerprint density at radius 3 is 2.12 bits per heavy atom. The van der Waals surface area contributed by atoms with E-state index in [-0.39, 0.29) is 0 Å². The zero-order chi connectivity index (χ0) is 12.5. The minimum atomic E-state index is 0.446. The average molecular weight is 238 g/mol. The molecule has 2 rings (SSSR count). The maximum Gasteiger partial charge on any atom is 0.135 e. The molecule has 98 valence electrons. The molecular formula is C15H26O2. The molecule has 0 heterocycles. The summed E-state index contributed by atoms with van der Waals surface area (Å²) in [6.07, 6.45) is 12.1. The van der Waals surface area contributed by atoms with E-state index in [1.54, 1.807) is 0 Å². The van der Waals surface area contributed by atoms with Crippen LogP contribution in [0.15, 0.2) is 0 Å². The van der Waals surface area contributed by atoms with Crippen LogP contribution in [0.2, 0.25) is 0 Å². The Bertz CT molecular complexity index is 237. The highest BCUT2D eigenvalue weighted by Crippen LogP contribution is 2.25. The lowest BCUT2D eigenvalue weighted by molar-refractivity contribution is -0.121. The van der Waals surface area contributed by atoms with Gasteiger partial charge in [0.25, 0.3) is 0 Å². The largest absolute Gasteiger partial charge is 0.300 e. The lowest BCUT2D eigenvalue weighted by Gasteiger charge is -2.05. The van der Waals surface area contributed by atoms with E-state index in [4.69, 9.17) is 0 Å². The SMILES string of the molecule is CCCCCC1CCCC1=O.O=C1CCCC1. The van der Waals surface area contributed by atoms with Gasteiger partial charge in [0.05, 0.1) is 0 Å². The predicted molar refractivity (Wildman–Crippen MR) is 70.0 cm³/mol. The van der Waals surface area contributed by atoms with E-state index < -0.39 is 0 Å². The van der Waals surface area contributed by atoms with Crippen LogP contribution in [0.4, 0.5) is 0 Å². The Kier molecular flexibility index (Phi) is 7.14. The third-order valence-electron chi connectivity index (χ3n) is 3.75. The predicted octanol–water partition coefficient (Wildman–Crippen LogP) is 4.07. The molecule has 0 N–H and O–H groups in total. The Hall–Kier alpha value is -0.660. The molecule has 2 saturated carbocycles. The number of unbranched alkanes of at least 4 members (excludes halogenated alkanes) is 2. The van der Waals surface area contributed by atoms with Crippen LogP contribution in [-0.2, 0) is 9.59 Å². The van der Waals surface area contributed by atoms with Gasteiger partial charge < -0.3 is 0 Å². The van der Waals surface area contributed by atoms with Crippen LogP contribution in [-0.4, -0.2) is 11.6 Å². The van der Waals surface area contributed by atoms with Crippen LogP contribution in [0.25, 0.3) is 0 Å².